The SMILES string of the molecule is CC1(C(N)=O)Cn2c(cc3occc32)C(=O)N1CCN1CCOCC1. The van der Waals surface area contributed by atoms with Crippen molar-refractivity contribution >= 4 is 22.9 Å². The third-order valence-corrected chi connectivity index (χ3v) is 5.32. The normalized spacial score (nSPS) is 24.7. The van der Waals surface area contributed by atoms with Crippen LogP contribution in [0.5, 0.6) is 0 Å². The summed E-state index contributed by atoms with van der Waals surface area (Å²) >= 11 is 0. The van der Waals surface area contributed by atoms with E-state index in [-0.39, 0.29) is 5.91 Å². The van der Waals surface area contributed by atoms with Crippen molar-refractivity contribution in [2.75, 3.05) is 39.4 Å². The molecule has 1 atom stereocenters. The number of furan rings is 1. The van der Waals surface area contributed by atoms with Crippen LogP contribution in [0.15, 0.2) is 22.8 Å². The first-order valence-corrected chi connectivity index (χ1v) is 8.49. The molecule has 2 aliphatic rings. The number of carbonyl (C=O) groups is 2. The van der Waals surface area contributed by atoms with Crippen LogP contribution in [0.1, 0.15) is 17.4 Å². The first kappa shape index (κ1) is 16.2. The van der Waals surface area contributed by atoms with Crippen LogP contribution >= 0.6 is 0 Å². The van der Waals surface area contributed by atoms with Gasteiger partial charge < -0.3 is 24.4 Å². The predicted molar refractivity (Wildman–Crippen MR) is 90.1 cm³/mol. The number of ether oxygens (including phenoxy) is 1. The highest BCUT2D eigenvalue weighted by molar-refractivity contribution is 6.02. The Balaban J connectivity index is 1.65. The topological polar surface area (TPSA) is 93.9 Å². The second-order valence-electron chi connectivity index (χ2n) is 6.83. The van der Waals surface area contributed by atoms with Crippen LogP contribution in [-0.4, -0.2) is 71.1 Å². The standard InChI is InChI=1S/C17H22N4O4/c1-17(16(18)23)11-20-12-2-7-25-14(12)10-13(20)15(22)21(17)4-3-19-5-8-24-9-6-19/h2,7,10H,3-6,8-9,11H2,1H3,(H2,18,23). The Bertz CT molecular complexity index is 820. The summed E-state index contributed by atoms with van der Waals surface area (Å²) in [6.07, 6.45) is 1.58. The van der Waals surface area contributed by atoms with E-state index in [2.05, 4.69) is 4.90 Å². The van der Waals surface area contributed by atoms with Gasteiger partial charge in [0.25, 0.3) is 5.91 Å². The van der Waals surface area contributed by atoms with Crippen LogP contribution in [-0.2, 0) is 16.1 Å². The first-order valence-electron chi connectivity index (χ1n) is 8.49. The van der Waals surface area contributed by atoms with Crippen LogP contribution in [0.3, 0.4) is 0 Å². The van der Waals surface area contributed by atoms with Gasteiger partial charge in [-0.05, 0) is 6.92 Å². The Morgan fingerprint density at radius 2 is 2.08 bits per heavy atom. The summed E-state index contributed by atoms with van der Waals surface area (Å²) in [6.45, 7) is 6.26. The molecule has 2 aliphatic heterocycles. The van der Waals surface area contributed by atoms with Gasteiger partial charge in [0.05, 0.1) is 31.5 Å². The summed E-state index contributed by atoms with van der Waals surface area (Å²) in [7, 11) is 0. The molecular weight excluding hydrogens is 324 g/mol. The zero-order valence-corrected chi connectivity index (χ0v) is 14.2. The van der Waals surface area contributed by atoms with Gasteiger partial charge in [-0.25, -0.2) is 0 Å². The maximum Gasteiger partial charge on any atom is 0.271 e. The highest BCUT2D eigenvalue weighted by Crippen LogP contribution is 2.32. The maximum absolute atomic E-state index is 13.1. The highest BCUT2D eigenvalue weighted by atomic mass is 16.5. The van der Waals surface area contributed by atoms with E-state index >= 15 is 0 Å². The molecule has 2 N–H and O–H groups in total. The van der Waals surface area contributed by atoms with Gasteiger partial charge in [-0.2, -0.15) is 0 Å². The minimum absolute atomic E-state index is 0.188. The largest absolute Gasteiger partial charge is 0.463 e. The molecule has 8 heteroatoms. The van der Waals surface area contributed by atoms with Crippen molar-refractivity contribution < 1.29 is 18.7 Å². The summed E-state index contributed by atoms with van der Waals surface area (Å²) in [6, 6.07) is 3.54. The Hall–Kier alpha value is -2.32. The Labute approximate surface area is 145 Å². The van der Waals surface area contributed by atoms with E-state index < -0.39 is 11.4 Å². The fourth-order valence-electron chi connectivity index (χ4n) is 3.71. The molecule has 0 saturated carbocycles. The molecule has 0 radical (unpaired) electrons. The number of carbonyl (C=O) groups excluding carboxylic acids is 2. The number of nitrogens with zero attached hydrogens (tertiary/aromatic N) is 3. The van der Waals surface area contributed by atoms with E-state index in [4.69, 9.17) is 14.9 Å². The van der Waals surface area contributed by atoms with Crippen LogP contribution in [0, 0.1) is 0 Å². The molecule has 1 fully saturated rings. The first-order chi connectivity index (χ1) is 12.0. The van der Waals surface area contributed by atoms with Gasteiger partial charge in [0, 0.05) is 38.3 Å². The Morgan fingerprint density at radius 3 is 2.80 bits per heavy atom. The number of amides is 2. The number of morpholine rings is 1. The van der Waals surface area contributed by atoms with Gasteiger partial charge >= 0.3 is 0 Å². The van der Waals surface area contributed by atoms with Crippen LogP contribution in [0.2, 0.25) is 0 Å². The van der Waals surface area contributed by atoms with Crippen molar-refractivity contribution in [3.05, 3.63) is 24.1 Å². The summed E-state index contributed by atoms with van der Waals surface area (Å²) < 4.78 is 12.6. The smallest absolute Gasteiger partial charge is 0.271 e. The van der Waals surface area contributed by atoms with Gasteiger partial charge in [0.2, 0.25) is 5.91 Å². The molecule has 2 aromatic heterocycles. The quantitative estimate of drug-likeness (QED) is 0.857. The molecule has 8 nitrogen and oxygen atoms in total. The van der Waals surface area contributed by atoms with Crippen molar-refractivity contribution in [1.82, 2.24) is 14.4 Å². The molecule has 0 aliphatic carbocycles. The molecule has 4 heterocycles. The lowest BCUT2D eigenvalue weighted by Gasteiger charge is -2.44. The van der Waals surface area contributed by atoms with E-state index in [1.165, 1.54) is 0 Å². The Morgan fingerprint density at radius 1 is 1.32 bits per heavy atom. The van der Waals surface area contributed by atoms with Crippen molar-refractivity contribution in [2.24, 2.45) is 5.73 Å². The van der Waals surface area contributed by atoms with Crippen LogP contribution < -0.4 is 5.73 Å². The molecule has 4 rings (SSSR count). The minimum atomic E-state index is -1.07. The lowest BCUT2D eigenvalue weighted by molar-refractivity contribution is -0.129. The van der Waals surface area contributed by atoms with Gasteiger partial charge in [-0.1, -0.05) is 0 Å². The number of aromatic nitrogens is 1. The van der Waals surface area contributed by atoms with Crippen LogP contribution in [0.4, 0.5) is 0 Å². The molecular formula is C17H22N4O4. The maximum atomic E-state index is 13.1. The molecule has 0 aromatic carbocycles. The van der Waals surface area contributed by atoms with E-state index in [1.54, 1.807) is 30.2 Å². The van der Waals surface area contributed by atoms with Crippen molar-refractivity contribution in [2.45, 2.75) is 19.0 Å². The number of hydrogen-bond acceptors (Lipinski definition) is 5. The van der Waals surface area contributed by atoms with Crippen molar-refractivity contribution in [3.8, 4) is 0 Å². The zero-order chi connectivity index (χ0) is 17.6. The third-order valence-electron chi connectivity index (χ3n) is 5.32. The zero-order valence-electron chi connectivity index (χ0n) is 14.2. The van der Waals surface area contributed by atoms with Gasteiger partial charge in [-0.3, -0.25) is 14.5 Å². The minimum Gasteiger partial charge on any atom is -0.463 e. The second-order valence-corrected chi connectivity index (χ2v) is 6.83. The van der Waals surface area contributed by atoms with Gasteiger partial charge in [0.15, 0.2) is 5.58 Å². The number of primary amides is 1. The molecule has 2 amide bonds. The number of hydrogen-bond donors (Lipinski definition) is 1. The van der Waals surface area contributed by atoms with E-state index in [9.17, 15) is 9.59 Å². The second kappa shape index (κ2) is 5.89. The fourth-order valence-corrected chi connectivity index (χ4v) is 3.71. The predicted octanol–water partition coefficient (Wildman–Crippen LogP) is 0.266. The van der Waals surface area contributed by atoms with E-state index in [0.29, 0.717) is 44.1 Å². The number of nitrogens with two attached hydrogens (primary N) is 1. The van der Waals surface area contributed by atoms with Gasteiger partial charge in [-0.15, -0.1) is 0 Å². The summed E-state index contributed by atoms with van der Waals surface area (Å²) in [4.78, 5) is 29.2. The monoisotopic (exact) mass is 346 g/mol. The van der Waals surface area contributed by atoms with Gasteiger partial charge in [0.1, 0.15) is 11.2 Å². The lowest BCUT2D eigenvalue weighted by atomic mass is 9.95. The fraction of sp³-hybridized carbons (Fsp3) is 0.529. The molecule has 0 spiro atoms. The summed E-state index contributed by atoms with van der Waals surface area (Å²) in [5.74, 6) is -0.689. The summed E-state index contributed by atoms with van der Waals surface area (Å²) in [5, 5.41) is 0. The number of rotatable bonds is 4. The molecule has 1 saturated heterocycles. The lowest BCUT2D eigenvalue weighted by Crippen LogP contribution is -2.64. The molecule has 2 aromatic rings. The average molecular weight is 346 g/mol. The molecule has 1 unspecified atom stereocenters. The van der Waals surface area contributed by atoms with Crippen LogP contribution in [0.25, 0.3) is 11.1 Å². The molecule has 0 bridgehead atoms. The van der Waals surface area contributed by atoms with E-state index in [0.717, 1.165) is 18.6 Å². The average Bonchev–Trinajstić information content (AvgIpc) is 3.18. The molecule has 25 heavy (non-hydrogen) atoms. The van der Waals surface area contributed by atoms with E-state index in [1.807, 2.05) is 4.57 Å². The number of fused-ring (bicyclic) bond motifs is 3. The Kier molecular flexibility index (Phi) is 3.81. The van der Waals surface area contributed by atoms with Crippen molar-refractivity contribution in [3.63, 3.8) is 0 Å². The van der Waals surface area contributed by atoms with Crippen molar-refractivity contribution in [1.29, 1.82) is 0 Å². The third kappa shape index (κ3) is 2.52. The summed E-state index contributed by atoms with van der Waals surface area (Å²) in [5.41, 5.74) is 6.62. The highest BCUT2D eigenvalue weighted by Gasteiger charge is 2.46. The molecule has 134 valence electrons.